The highest BCUT2D eigenvalue weighted by Gasteiger charge is 2.18. The van der Waals surface area contributed by atoms with Gasteiger partial charge >= 0.3 is 0 Å². The summed E-state index contributed by atoms with van der Waals surface area (Å²) in [5.74, 6) is 0. The molecule has 0 saturated carbocycles. The molecule has 0 saturated heterocycles. The number of fused-ring (bicyclic) bond motifs is 5. The van der Waals surface area contributed by atoms with Gasteiger partial charge in [0.05, 0.1) is 20.6 Å². The van der Waals surface area contributed by atoms with Crippen LogP contribution >= 0.6 is 0 Å². The van der Waals surface area contributed by atoms with Crippen molar-refractivity contribution in [2.24, 2.45) is 0 Å². The van der Waals surface area contributed by atoms with Crippen LogP contribution in [0.1, 0.15) is 20.6 Å². The molecule has 0 atom stereocenters. The zero-order valence-electron chi connectivity index (χ0n) is 35.1. The van der Waals surface area contributed by atoms with E-state index in [9.17, 15) is 4.11 Å². The Hall–Kier alpha value is -5.14. The van der Waals surface area contributed by atoms with Gasteiger partial charge in [0.25, 0.3) is 0 Å². The molecule has 0 aliphatic heterocycles. The molecule has 0 unspecified atom stereocenters. The summed E-state index contributed by atoms with van der Waals surface area (Å²) in [5, 5.41) is 1.51. The summed E-state index contributed by atoms with van der Waals surface area (Å²) in [7, 11) is 0. The number of rotatable bonds is 3. The van der Waals surface area contributed by atoms with Crippen LogP contribution in [0.2, 0.25) is 0 Å². The smallest absolute Gasteiger partial charge is 0.135 e. The maximum atomic E-state index is 9.50. The highest BCUT2D eigenvalue weighted by molar-refractivity contribution is 6.22. The van der Waals surface area contributed by atoms with Crippen molar-refractivity contribution in [1.29, 1.82) is 0 Å². The number of hydrogen-bond donors (Lipinski definition) is 0. The Morgan fingerprint density at radius 1 is 0.385 bits per heavy atom. The van der Waals surface area contributed by atoms with Crippen LogP contribution in [0, 0.1) is 0 Å². The van der Waals surface area contributed by atoms with E-state index >= 15 is 0 Å². The minimum Gasteiger partial charge on any atom is -0.456 e. The van der Waals surface area contributed by atoms with Crippen molar-refractivity contribution in [2.75, 3.05) is 0 Å². The van der Waals surface area contributed by atoms with Gasteiger partial charge in [-0.1, -0.05) is 121 Å². The molecular weight excluding hydrogens is 472 g/mol. The van der Waals surface area contributed by atoms with Crippen molar-refractivity contribution >= 4 is 43.5 Å². The molecule has 0 fully saturated rings. The maximum Gasteiger partial charge on any atom is 0.135 e. The summed E-state index contributed by atoms with van der Waals surface area (Å²) in [6.45, 7) is 0. The summed E-state index contributed by atoms with van der Waals surface area (Å²) < 4.78 is 136. The second kappa shape index (κ2) is 8.72. The average molecular weight is 512 g/mol. The fourth-order valence-corrected chi connectivity index (χ4v) is 5.11. The Morgan fingerprint density at radius 2 is 0.974 bits per heavy atom. The van der Waals surface area contributed by atoms with Crippen LogP contribution in [0.15, 0.2) is 150 Å². The van der Waals surface area contributed by atoms with Gasteiger partial charge in [0.2, 0.25) is 0 Å². The molecule has 0 bridgehead atoms. The van der Waals surface area contributed by atoms with Gasteiger partial charge in [-0.2, -0.15) is 0 Å². The average Bonchev–Trinajstić information content (AvgIpc) is 3.58. The third kappa shape index (κ3) is 3.48. The first-order valence-corrected chi connectivity index (χ1v) is 12.1. The topological polar surface area (TPSA) is 13.1 Å². The van der Waals surface area contributed by atoms with E-state index in [1.54, 1.807) is 48.5 Å². The molecule has 8 aromatic rings. The normalized spacial score (nSPS) is 17.0. The van der Waals surface area contributed by atoms with Crippen LogP contribution in [0.25, 0.3) is 76.9 Å². The van der Waals surface area contributed by atoms with E-state index in [-0.39, 0.29) is 50.2 Å². The lowest BCUT2D eigenvalue weighted by Crippen LogP contribution is -1.91. The van der Waals surface area contributed by atoms with Crippen LogP contribution in [-0.2, 0) is 0 Å². The van der Waals surface area contributed by atoms with Crippen molar-refractivity contribution in [1.82, 2.24) is 0 Å². The summed E-state index contributed by atoms with van der Waals surface area (Å²) in [4.78, 5) is 0. The maximum absolute atomic E-state index is 9.50. The Kier molecular flexibility index (Phi) is 2.62. The highest BCUT2D eigenvalue weighted by Crippen LogP contribution is 2.45. The van der Waals surface area contributed by atoms with E-state index in [2.05, 4.69) is 0 Å². The van der Waals surface area contributed by atoms with E-state index in [0.29, 0.717) is 32.7 Å². The lowest BCUT2D eigenvalue weighted by molar-refractivity contribution is 0.669. The van der Waals surface area contributed by atoms with Gasteiger partial charge in [-0.15, -0.1) is 0 Å². The minimum absolute atomic E-state index is 0.0255. The largest absolute Gasteiger partial charge is 0.456 e. The number of hydrogen-bond acceptors (Lipinski definition) is 1. The molecule has 0 aliphatic rings. The van der Waals surface area contributed by atoms with Crippen LogP contribution in [0.5, 0.6) is 0 Å². The second-order valence-corrected chi connectivity index (χ2v) is 8.93. The van der Waals surface area contributed by atoms with Crippen molar-refractivity contribution in [3.8, 4) is 33.4 Å². The lowest BCUT2D eigenvalue weighted by Gasteiger charge is -2.18. The van der Waals surface area contributed by atoms with Crippen LogP contribution in [0.3, 0.4) is 0 Å². The molecule has 1 heterocycles. The fourth-order valence-electron chi connectivity index (χ4n) is 5.11. The minimum atomic E-state index is -0.580. The first-order chi connectivity index (χ1) is 25.6. The molecule has 8 rings (SSSR count). The zero-order valence-corrected chi connectivity index (χ0v) is 20.1. The molecule has 182 valence electrons. The van der Waals surface area contributed by atoms with Gasteiger partial charge in [-0.05, 0) is 79.1 Å². The quantitative estimate of drug-likeness (QED) is 0.215. The van der Waals surface area contributed by atoms with Gasteiger partial charge in [-0.3, -0.25) is 0 Å². The molecular formula is C38H24O. The lowest BCUT2D eigenvalue weighted by atomic mass is 9.85. The molecule has 39 heavy (non-hydrogen) atoms. The predicted octanol–water partition coefficient (Wildman–Crippen LogP) is 10.9. The third-order valence-corrected chi connectivity index (χ3v) is 6.76. The molecule has 7 aromatic carbocycles. The molecule has 1 heteroatoms. The van der Waals surface area contributed by atoms with Crippen molar-refractivity contribution < 1.29 is 25.0 Å². The first-order valence-electron chi connectivity index (χ1n) is 19.6. The first kappa shape index (κ1) is 11.7. The SMILES string of the molecule is [2H]c1cc(-c2c([2H])c([2H])c([2H])c(-c3c4ccccc4c(-c4c([2H])c([2H])c5oc6c([2H])c([2H])c([2H])c([2H])c6c5c4[2H])c4ccccc34)c2[2H])c([2H])c([2H])c1[2H]. The number of furan rings is 1. The van der Waals surface area contributed by atoms with E-state index < -0.39 is 84.6 Å². The molecule has 0 aliphatic carbocycles. The summed E-state index contributed by atoms with van der Waals surface area (Å²) >= 11 is 0. The Labute approximate surface area is 247 Å². The summed E-state index contributed by atoms with van der Waals surface area (Å²) in [5.41, 5.74) is -0.386. The van der Waals surface area contributed by atoms with Crippen molar-refractivity contribution in [3.05, 3.63) is 145 Å². The Bertz CT molecular complexity index is 2950. The molecule has 1 nitrogen and oxygen atoms in total. The van der Waals surface area contributed by atoms with E-state index in [4.69, 9.17) is 20.9 Å². The summed E-state index contributed by atoms with van der Waals surface area (Å²) in [6.07, 6.45) is 0. The standard InChI is InChI=1S/C38H24O/c1-2-11-25(12-3-1)26-13-10-14-27(23-26)37-30-16-4-6-18-32(30)38(33-19-7-5-17-31(33)37)28-21-22-36-34(24-28)29-15-8-9-20-35(29)39-36/h1-24H/i1D,2D,3D,8D,9D,10D,11D,13D,14D,15D,20D,21D,22D,23D,24D. The van der Waals surface area contributed by atoms with Gasteiger partial charge in [0, 0.05) is 10.8 Å². The summed E-state index contributed by atoms with van der Waals surface area (Å²) in [6, 6.07) is 7.56. The van der Waals surface area contributed by atoms with Gasteiger partial charge in [0.15, 0.2) is 0 Å². The van der Waals surface area contributed by atoms with Gasteiger partial charge < -0.3 is 4.42 Å². The third-order valence-electron chi connectivity index (χ3n) is 6.76. The molecule has 0 radical (unpaired) electrons. The van der Waals surface area contributed by atoms with Crippen molar-refractivity contribution in [3.63, 3.8) is 0 Å². The van der Waals surface area contributed by atoms with Gasteiger partial charge in [0.1, 0.15) is 11.2 Å². The van der Waals surface area contributed by atoms with Gasteiger partial charge in [-0.25, -0.2) is 0 Å². The van der Waals surface area contributed by atoms with Crippen molar-refractivity contribution in [2.45, 2.75) is 0 Å². The zero-order chi connectivity index (χ0) is 38.8. The molecule has 0 spiro atoms. The van der Waals surface area contributed by atoms with Crippen LogP contribution in [0.4, 0.5) is 0 Å². The Balaban J connectivity index is 1.55. The molecule has 0 amide bonds. The fraction of sp³-hybridized carbons (Fsp3) is 0. The van der Waals surface area contributed by atoms with Crippen LogP contribution in [-0.4, -0.2) is 0 Å². The van der Waals surface area contributed by atoms with E-state index in [1.807, 2.05) is 0 Å². The van der Waals surface area contributed by atoms with E-state index in [1.165, 1.54) is 0 Å². The van der Waals surface area contributed by atoms with E-state index in [0.717, 1.165) is 6.07 Å². The molecule has 1 aromatic heterocycles. The monoisotopic (exact) mass is 511 g/mol. The second-order valence-electron chi connectivity index (χ2n) is 8.93. The Morgan fingerprint density at radius 3 is 1.72 bits per heavy atom. The number of benzene rings is 7. The molecule has 0 N–H and O–H groups in total. The highest BCUT2D eigenvalue weighted by atomic mass is 16.3. The number of para-hydroxylation sites is 1. The predicted molar refractivity (Wildman–Crippen MR) is 165 cm³/mol. The van der Waals surface area contributed by atoms with Crippen LogP contribution < -0.4 is 0 Å².